The van der Waals surface area contributed by atoms with Crippen LogP contribution in [0.1, 0.15) is 5.69 Å². The van der Waals surface area contributed by atoms with E-state index in [0.717, 1.165) is 21.0 Å². The molecule has 3 aromatic rings. The molecule has 1 N–H and O–H groups in total. The summed E-state index contributed by atoms with van der Waals surface area (Å²) in [5.41, 5.74) is 1.21. The predicted molar refractivity (Wildman–Crippen MR) is 84.1 cm³/mol. The Kier molecular flexibility index (Phi) is 3.93. The minimum Gasteiger partial charge on any atom is -0.314 e. The Bertz CT molecular complexity index is 705. The zero-order chi connectivity index (χ0) is 13.2. The smallest absolute Gasteiger partial charge is 0.194 e. The largest absolute Gasteiger partial charge is 0.314 e. The molecule has 2 aromatic heterocycles. The van der Waals surface area contributed by atoms with Crippen LogP contribution in [0.25, 0.3) is 4.96 Å². The third kappa shape index (κ3) is 2.72. The van der Waals surface area contributed by atoms with E-state index in [9.17, 15) is 0 Å². The fraction of sp³-hybridized carbons (Fsp3) is 0.154. The first-order valence-electron chi connectivity index (χ1n) is 5.80. The number of hydrogen-bond acceptors (Lipinski definition) is 4. The number of hydrogen-bond donors (Lipinski definition) is 1. The average molecular weight is 354 g/mol. The second-order valence-corrected chi connectivity index (χ2v) is 6.86. The number of nitrogens with one attached hydrogen (secondary N) is 1. The Morgan fingerprint density at radius 1 is 1.47 bits per heavy atom. The van der Waals surface area contributed by atoms with Crippen LogP contribution in [0.15, 0.2) is 50.2 Å². The molecule has 0 saturated heterocycles. The van der Waals surface area contributed by atoms with Crippen molar-refractivity contribution >= 4 is 44.0 Å². The molecule has 0 aliphatic rings. The quantitative estimate of drug-likeness (QED) is 0.767. The molecule has 0 saturated carbocycles. The third-order valence-electron chi connectivity index (χ3n) is 2.68. The Labute approximate surface area is 128 Å². The number of nitrogens with zero attached hydrogens (tertiary/aromatic N) is 2. The van der Waals surface area contributed by atoms with Gasteiger partial charge >= 0.3 is 0 Å². The summed E-state index contributed by atoms with van der Waals surface area (Å²) >= 11 is 6.87. The van der Waals surface area contributed by atoms with Gasteiger partial charge in [0.05, 0.1) is 5.69 Å². The highest BCUT2D eigenvalue weighted by molar-refractivity contribution is 9.10. The Balaban J connectivity index is 1.99. The van der Waals surface area contributed by atoms with Gasteiger partial charge in [-0.3, -0.25) is 4.40 Å². The van der Waals surface area contributed by atoms with Gasteiger partial charge < -0.3 is 5.32 Å². The van der Waals surface area contributed by atoms with E-state index in [1.807, 2.05) is 19.2 Å². The molecule has 3 rings (SSSR count). The van der Waals surface area contributed by atoms with Crippen molar-refractivity contribution < 1.29 is 0 Å². The van der Waals surface area contributed by atoms with Gasteiger partial charge in [0, 0.05) is 27.5 Å². The van der Waals surface area contributed by atoms with Gasteiger partial charge in [-0.1, -0.05) is 33.8 Å². The molecule has 0 unspecified atom stereocenters. The fourth-order valence-electron chi connectivity index (χ4n) is 1.86. The van der Waals surface area contributed by atoms with E-state index in [1.165, 1.54) is 10.6 Å². The maximum atomic E-state index is 4.71. The average Bonchev–Trinajstić information content (AvgIpc) is 2.93. The van der Waals surface area contributed by atoms with E-state index in [2.05, 4.69) is 49.4 Å². The summed E-state index contributed by atoms with van der Waals surface area (Å²) in [5.74, 6) is 0. The van der Waals surface area contributed by atoms with Gasteiger partial charge in [-0.25, -0.2) is 4.98 Å². The number of benzene rings is 1. The molecule has 2 heterocycles. The standard InChI is InChI=1S/C13H12BrN3S2/c1-15-8-11-12(16-13-17(11)5-6-18-13)19-10-4-2-3-9(14)7-10/h2-7,15H,8H2,1H3. The van der Waals surface area contributed by atoms with Crippen molar-refractivity contribution in [3.8, 4) is 0 Å². The second kappa shape index (κ2) is 5.66. The van der Waals surface area contributed by atoms with Crippen molar-refractivity contribution in [2.24, 2.45) is 0 Å². The second-order valence-electron chi connectivity index (χ2n) is 4.01. The van der Waals surface area contributed by atoms with E-state index in [4.69, 9.17) is 4.98 Å². The Hall–Kier alpha value is -0.820. The van der Waals surface area contributed by atoms with E-state index >= 15 is 0 Å². The number of rotatable bonds is 4. The van der Waals surface area contributed by atoms with Crippen molar-refractivity contribution in [2.45, 2.75) is 16.5 Å². The van der Waals surface area contributed by atoms with Crippen molar-refractivity contribution in [1.29, 1.82) is 0 Å². The van der Waals surface area contributed by atoms with Crippen molar-refractivity contribution in [3.05, 3.63) is 46.0 Å². The first-order chi connectivity index (χ1) is 9.28. The predicted octanol–water partition coefficient (Wildman–Crippen LogP) is 4.03. The van der Waals surface area contributed by atoms with Crippen LogP contribution in [-0.4, -0.2) is 16.4 Å². The molecule has 0 fully saturated rings. The first kappa shape index (κ1) is 13.2. The minimum absolute atomic E-state index is 0.814. The van der Waals surface area contributed by atoms with Gasteiger partial charge in [-0.2, -0.15) is 0 Å². The zero-order valence-electron chi connectivity index (χ0n) is 10.3. The maximum Gasteiger partial charge on any atom is 0.194 e. The Morgan fingerprint density at radius 3 is 3.16 bits per heavy atom. The fourth-order valence-corrected chi connectivity index (χ4v) is 4.18. The molecule has 19 heavy (non-hydrogen) atoms. The lowest BCUT2D eigenvalue weighted by molar-refractivity contribution is 0.765. The molecule has 0 aliphatic heterocycles. The lowest BCUT2D eigenvalue weighted by Crippen LogP contribution is -2.07. The van der Waals surface area contributed by atoms with Crippen molar-refractivity contribution in [1.82, 2.24) is 14.7 Å². The number of thiazole rings is 1. The number of aromatic nitrogens is 2. The molecular formula is C13H12BrN3S2. The van der Waals surface area contributed by atoms with Gasteiger partial charge in [-0.15, -0.1) is 11.3 Å². The van der Waals surface area contributed by atoms with Crippen molar-refractivity contribution in [2.75, 3.05) is 7.05 Å². The SMILES string of the molecule is CNCc1c(Sc2cccc(Br)c2)nc2sccn12. The molecular weight excluding hydrogens is 342 g/mol. The van der Waals surface area contributed by atoms with E-state index in [-0.39, 0.29) is 0 Å². The molecule has 1 aromatic carbocycles. The topological polar surface area (TPSA) is 29.3 Å². The summed E-state index contributed by atoms with van der Waals surface area (Å²) in [6.45, 7) is 0.814. The van der Waals surface area contributed by atoms with Crippen LogP contribution in [0.5, 0.6) is 0 Å². The Morgan fingerprint density at radius 2 is 2.37 bits per heavy atom. The van der Waals surface area contributed by atoms with E-state index in [1.54, 1.807) is 23.1 Å². The van der Waals surface area contributed by atoms with Crippen LogP contribution in [0.2, 0.25) is 0 Å². The third-order valence-corrected chi connectivity index (χ3v) is 4.94. The lowest BCUT2D eigenvalue weighted by atomic mass is 10.4. The van der Waals surface area contributed by atoms with Gasteiger partial charge in [0.1, 0.15) is 5.03 Å². The molecule has 0 aliphatic carbocycles. The first-order valence-corrected chi connectivity index (χ1v) is 8.29. The molecule has 98 valence electrons. The summed E-state index contributed by atoms with van der Waals surface area (Å²) in [7, 11) is 1.96. The van der Waals surface area contributed by atoms with Gasteiger partial charge in [0.15, 0.2) is 4.96 Å². The summed E-state index contributed by atoms with van der Waals surface area (Å²) in [6.07, 6.45) is 2.07. The van der Waals surface area contributed by atoms with Gasteiger partial charge in [0.25, 0.3) is 0 Å². The van der Waals surface area contributed by atoms with Gasteiger partial charge in [0.2, 0.25) is 0 Å². The monoisotopic (exact) mass is 353 g/mol. The molecule has 3 nitrogen and oxygen atoms in total. The number of imidazole rings is 1. The zero-order valence-corrected chi connectivity index (χ0v) is 13.5. The van der Waals surface area contributed by atoms with Crippen LogP contribution in [-0.2, 0) is 6.54 Å². The van der Waals surface area contributed by atoms with E-state index in [0.29, 0.717) is 0 Å². The van der Waals surface area contributed by atoms with E-state index < -0.39 is 0 Å². The van der Waals surface area contributed by atoms with Crippen LogP contribution in [0.3, 0.4) is 0 Å². The van der Waals surface area contributed by atoms with Crippen LogP contribution in [0, 0.1) is 0 Å². The molecule has 0 spiro atoms. The maximum absolute atomic E-state index is 4.71. The highest BCUT2D eigenvalue weighted by Crippen LogP contribution is 2.32. The molecule has 0 bridgehead atoms. The number of halogens is 1. The molecule has 0 radical (unpaired) electrons. The molecule has 0 atom stereocenters. The summed E-state index contributed by atoms with van der Waals surface area (Å²) in [6, 6.07) is 8.29. The van der Waals surface area contributed by atoms with Crippen LogP contribution < -0.4 is 5.32 Å². The van der Waals surface area contributed by atoms with Gasteiger partial charge in [-0.05, 0) is 25.2 Å². The van der Waals surface area contributed by atoms with Crippen LogP contribution >= 0.6 is 39.0 Å². The molecule has 0 amide bonds. The van der Waals surface area contributed by atoms with Crippen molar-refractivity contribution in [3.63, 3.8) is 0 Å². The summed E-state index contributed by atoms with van der Waals surface area (Å²) < 4.78 is 3.25. The lowest BCUT2D eigenvalue weighted by Gasteiger charge is -2.03. The normalized spacial score (nSPS) is 11.3. The summed E-state index contributed by atoms with van der Waals surface area (Å²) in [5, 5.41) is 6.34. The molecule has 6 heteroatoms. The highest BCUT2D eigenvalue weighted by Gasteiger charge is 2.13. The number of fused-ring (bicyclic) bond motifs is 1. The minimum atomic E-state index is 0.814. The summed E-state index contributed by atoms with van der Waals surface area (Å²) in [4.78, 5) is 6.94. The highest BCUT2D eigenvalue weighted by atomic mass is 79.9. The van der Waals surface area contributed by atoms with Crippen LogP contribution in [0.4, 0.5) is 0 Å².